The second-order valence-corrected chi connectivity index (χ2v) is 5.41. The van der Waals surface area contributed by atoms with E-state index < -0.39 is 11.3 Å². The van der Waals surface area contributed by atoms with Crippen LogP contribution >= 0.6 is 0 Å². The summed E-state index contributed by atoms with van der Waals surface area (Å²) in [6.45, 7) is 4.51. The third-order valence-electron chi connectivity index (χ3n) is 3.06. The van der Waals surface area contributed by atoms with Crippen LogP contribution < -0.4 is 0 Å². The van der Waals surface area contributed by atoms with E-state index >= 15 is 0 Å². The molecule has 102 valence electrons. The molecule has 0 aromatic carbocycles. The highest BCUT2D eigenvalue weighted by atomic mass is 32.2. The van der Waals surface area contributed by atoms with E-state index in [9.17, 15) is 4.21 Å². The van der Waals surface area contributed by atoms with Crippen molar-refractivity contribution in [1.82, 2.24) is 4.31 Å². The van der Waals surface area contributed by atoms with Crippen LogP contribution in [0.1, 0.15) is 32.6 Å². The van der Waals surface area contributed by atoms with Crippen LogP contribution in [-0.4, -0.2) is 52.1 Å². The lowest BCUT2D eigenvalue weighted by molar-refractivity contribution is -0.0503. The molecule has 6 heteroatoms. The third-order valence-corrected chi connectivity index (χ3v) is 3.86. The average Bonchev–Trinajstić information content (AvgIpc) is 2.83. The van der Waals surface area contributed by atoms with Gasteiger partial charge in [-0.15, -0.1) is 0 Å². The lowest BCUT2D eigenvalue weighted by Crippen LogP contribution is -2.27. The molecule has 2 saturated heterocycles. The fourth-order valence-corrected chi connectivity index (χ4v) is 2.59. The Kier molecular flexibility index (Phi) is 7.22. The van der Waals surface area contributed by atoms with E-state index in [1.807, 2.05) is 0 Å². The van der Waals surface area contributed by atoms with Crippen LogP contribution in [0, 0.1) is 0 Å². The smallest absolute Gasteiger partial charge is 0.234 e. The van der Waals surface area contributed by atoms with Gasteiger partial charge in [0.15, 0.2) is 0 Å². The van der Waals surface area contributed by atoms with Crippen LogP contribution in [0.4, 0.5) is 0 Å². The zero-order valence-corrected chi connectivity index (χ0v) is 11.4. The van der Waals surface area contributed by atoms with Crippen LogP contribution in [-0.2, 0) is 20.7 Å². The minimum Gasteiger partial charge on any atom is -0.381 e. The molecule has 2 fully saturated rings. The summed E-state index contributed by atoms with van der Waals surface area (Å²) in [7, 11) is 1.77. The van der Waals surface area contributed by atoms with Gasteiger partial charge in [0.1, 0.15) is 0 Å². The van der Waals surface area contributed by atoms with Crippen LogP contribution in [0.2, 0.25) is 0 Å². The lowest BCUT2D eigenvalue weighted by Gasteiger charge is -2.25. The summed E-state index contributed by atoms with van der Waals surface area (Å²) >= 11 is -1.71. The number of methoxy groups -OCH3 is 1. The van der Waals surface area contributed by atoms with Crippen molar-refractivity contribution < 1.29 is 18.2 Å². The van der Waals surface area contributed by atoms with Crippen LogP contribution in [0.5, 0.6) is 0 Å². The molecule has 0 aromatic heterocycles. The summed E-state index contributed by atoms with van der Waals surface area (Å²) in [5.41, 5.74) is 0. The maximum absolute atomic E-state index is 10.2. The predicted molar refractivity (Wildman–Crippen MR) is 67.0 cm³/mol. The van der Waals surface area contributed by atoms with Crippen molar-refractivity contribution in [3.8, 4) is 0 Å². The van der Waals surface area contributed by atoms with Crippen molar-refractivity contribution in [2.24, 2.45) is 0 Å². The number of nitrogens with zero attached hydrogens (tertiary/aromatic N) is 1. The summed E-state index contributed by atoms with van der Waals surface area (Å²) in [6, 6.07) is 0. The van der Waals surface area contributed by atoms with Gasteiger partial charge in [-0.05, 0) is 32.6 Å². The molecule has 0 spiro atoms. The fourth-order valence-electron chi connectivity index (χ4n) is 2.02. The second kappa shape index (κ2) is 8.16. The van der Waals surface area contributed by atoms with Gasteiger partial charge in [-0.25, -0.2) is 8.51 Å². The summed E-state index contributed by atoms with van der Waals surface area (Å²) in [4.78, 5) is 0. The van der Waals surface area contributed by atoms with Crippen molar-refractivity contribution in [3.63, 3.8) is 0 Å². The molecule has 1 N–H and O–H groups in total. The number of ether oxygens (including phenoxy) is 2. The van der Waals surface area contributed by atoms with Crippen molar-refractivity contribution in [1.29, 1.82) is 0 Å². The van der Waals surface area contributed by atoms with Gasteiger partial charge in [-0.3, -0.25) is 4.55 Å². The predicted octanol–water partition coefficient (Wildman–Crippen LogP) is 1.42. The average molecular weight is 265 g/mol. The lowest BCUT2D eigenvalue weighted by atomic mass is 10.1. The van der Waals surface area contributed by atoms with Gasteiger partial charge in [0.2, 0.25) is 11.3 Å². The molecule has 0 radical (unpaired) electrons. The van der Waals surface area contributed by atoms with Crippen molar-refractivity contribution >= 4 is 11.3 Å². The highest BCUT2D eigenvalue weighted by Gasteiger charge is 2.17. The molecule has 0 bridgehead atoms. The molecule has 0 amide bonds. The summed E-state index contributed by atoms with van der Waals surface area (Å²) < 4.78 is 30.8. The van der Waals surface area contributed by atoms with Crippen LogP contribution in [0.15, 0.2) is 0 Å². The number of hydrogen-bond acceptors (Lipinski definition) is 3. The molecule has 17 heavy (non-hydrogen) atoms. The van der Waals surface area contributed by atoms with Gasteiger partial charge in [-0.1, -0.05) is 0 Å². The fraction of sp³-hybridized carbons (Fsp3) is 1.00. The van der Waals surface area contributed by atoms with Crippen molar-refractivity contribution in [2.75, 3.05) is 26.8 Å². The van der Waals surface area contributed by atoms with Crippen molar-refractivity contribution in [2.45, 2.75) is 44.8 Å². The molecule has 0 saturated carbocycles. The molecule has 0 aliphatic carbocycles. The molecule has 5 nitrogen and oxygen atoms in total. The Morgan fingerprint density at radius 2 is 2.06 bits per heavy atom. The first kappa shape index (κ1) is 15.0. The molecule has 3 unspecified atom stereocenters. The normalized spacial score (nSPS) is 31.7. The third kappa shape index (κ3) is 5.92. The maximum atomic E-state index is 10.2. The summed E-state index contributed by atoms with van der Waals surface area (Å²) in [6.07, 6.45) is 5.06. The van der Waals surface area contributed by atoms with E-state index in [1.54, 1.807) is 11.4 Å². The topological polar surface area (TPSA) is 59.0 Å². The minimum absolute atomic E-state index is 0.392. The molecule has 0 aromatic rings. The molecule has 2 aliphatic heterocycles. The molecule has 3 atom stereocenters. The molecule has 2 heterocycles. The highest BCUT2D eigenvalue weighted by Crippen LogP contribution is 2.14. The first-order valence-corrected chi connectivity index (χ1v) is 7.20. The first-order chi connectivity index (χ1) is 8.13. The number of rotatable bonds is 2. The first-order valence-electron chi connectivity index (χ1n) is 6.13. The van der Waals surface area contributed by atoms with E-state index in [0.717, 1.165) is 45.4 Å². The zero-order valence-electron chi connectivity index (χ0n) is 10.6. The Morgan fingerprint density at radius 3 is 2.41 bits per heavy atom. The molecule has 2 rings (SSSR count). The summed E-state index contributed by atoms with van der Waals surface area (Å²) in [5, 5.41) is 0. The van der Waals surface area contributed by atoms with Gasteiger partial charge in [0.05, 0.1) is 12.2 Å². The largest absolute Gasteiger partial charge is 0.381 e. The minimum atomic E-state index is -1.71. The standard InChI is InChI=1S/C7H14O2.C4H9NO2S/c1-6-5-7(8-2)3-4-9-6;6-8(7)5-3-1-2-4-5/h6-7H,3-5H2,1-2H3;1-4H2,(H,6,7). The SMILES string of the molecule is COC1CCOC(C)C1.O=S(O)N1CCCC1. The van der Waals surface area contributed by atoms with Gasteiger partial charge in [0.25, 0.3) is 0 Å². The Hall–Kier alpha value is -0.0100. The number of hydrogen-bond donors (Lipinski definition) is 1. The zero-order chi connectivity index (χ0) is 12.7. The Labute approximate surface area is 106 Å². The van der Waals surface area contributed by atoms with E-state index in [-0.39, 0.29) is 0 Å². The van der Waals surface area contributed by atoms with E-state index in [0.29, 0.717) is 12.2 Å². The van der Waals surface area contributed by atoms with Crippen LogP contribution in [0.25, 0.3) is 0 Å². The van der Waals surface area contributed by atoms with Gasteiger partial charge in [-0.2, -0.15) is 0 Å². The van der Waals surface area contributed by atoms with E-state index in [1.165, 1.54) is 0 Å². The van der Waals surface area contributed by atoms with Crippen LogP contribution in [0.3, 0.4) is 0 Å². The van der Waals surface area contributed by atoms with Gasteiger partial charge >= 0.3 is 0 Å². The Balaban J connectivity index is 0.000000171. The summed E-state index contributed by atoms with van der Waals surface area (Å²) in [5.74, 6) is 0. The Morgan fingerprint density at radius 1 is 1.41 bits per heavy atom. The highest BCUT2D eigenvalue weighted by molar-refractivity contribution is 7.76. The van der Waals surface area contributed by atoms with E-state index in [4.69, 9.17) is 14.0 Å². The monoisotopic (exact) mass is 265 g/mol. The molecular formula is C11H23NO4S. The quantitative estimate of drug-likeness (QED) is 0.767. The van der Waals surface area contributed by atoms with Gasteiger partial charge in [0, 0.05) is 26.8 Å². The Bertz CT molecular complexity index is 234. The molecular weight excluding hydrogens is 242 g/mol. The van der Waals surface area contributed by atoms with Crippen molar-refractivity contribution in [3.05, 3.63) is 0 Å². The molecule has 2 aliphatic rings. The second-order valence-electron chi connectivity index (χ2n) is 4.43. The maximum Gasteiger partial charge on any atom is 0.234 e. The van der Waals surface area contributed by atoms with E-state index in [2.05, 4.69) is 6.92 Å². The van der Waals surface area contributed by atoms with Gasteiger partial charge < -0.3 is 9.47 Å².